The Morgan fingerprint density at radius 3 is 2.79 bits per heavy atom. The van der Waals surface area contributed by atoms with E-state index in [9.17, 15) is 19.3 Å². The van der Waals surface area contributed by atoms with E-state index in [1.165, 1.54) is 12.4 Å². The molecule has 3 aromatic rings. The van der Waals surface area contributed by atoms with E-state index in [-0.39, 0.29) is 17.5 Å². The molecule has 1 aliphatic heterocycles. The van der Waals surface area contributed by atoms with Crippen LogP contribution in [-0.2, 0) is 4.79 Å². The molecule has 1 amide bonds. The highest BCUT2D eigenvalue weighted by Crippen LogP contribution is 2.25. The Balaban J connectivity index is 1.38. The second-order valence-electron chi connectivity index (χ2n) is 6.50. The monoisotopic (exact) mass is 385 g/mol. The van der Waals surface area contributed by atoms with Gasteiger partial charge in [-0.3, -0.25) is 14.9 Å². The van der Waals surface area contributed by atoms with E-state index in [0.717, 1.165) is 18.0 Å². The Hall–Kier alpha value is -3.63. The van der Waals surface area contributed by atoms with Crippen LogP contribution in [0, 0.1) is 21.8 Å². The Kier molecular flexibility index (Phi) is 4.55. The van der Waals surface area contributed by atoms with Gasteiger partial charge in [0.25, 0.3) is 0 Å². The Morgan fingerprint density at radius 2 is 2.04 bits per heavy atom. The molecule has 144 valence electrons. The number of nitro benzene ring substituents is 1. The fourth-order valence-electron chi connectivity index (χ4n) is 3.23. The van der Waals surface area contributed by atoms with E-state index in [4.69, 9.17) is 0 Å². The number of carbonyl (C=O) groups is 1. The summed E-state index contributed by atoms with van der Waals surface area (Å²) in [5, 5.41) is 25.6. The zero-order valence-electron chi connectivity index (χ0n) is 14.7. The van der Waals surface area contributed by atoms with Crippen molar-refractivity contribution in [2.75, 3.05) is 23.3 Å². The van der Waals surface area contributed by atoms with Crippen molar-refractivity contribution in [3.8, 4) is 0 Å². The van der Waals surface area contributed by atoms with Gasteiger partial charge < -0.3 is 10.2 Å². The number of anilines is 2. The van der Waals surface area contributed by atoms with Crippen LogP contribution in [0.5, 0.6) is 0 Å². The molecule has 0 atom stereocenters. The van der Waals surface area contributed by atoms with Gasteiger partial charge in [0.15, 0.2) is 5.65 Å². The lowest BCUT2D eigenvalue weighted by atomic mass is 9.96. The van der Waals surface area contributed by atoms with Gasteiger partial charge in [0, 0.05) is 30.8 Å². The van der Waals surface area contributed by atoms with Crippen LogP contribution in [-0.4, -0.2) is 43.7 Å². The molecule has 0 aliphatic carbocycles. The number of aromatic nitrogens is 4. The highest BCUT2D eigenvalue weighted by molar-refractivity contribution is 5.93. The maximum atomic E-state index is 13.4. The molecule has 0 spiro atoms. The normalized spacial score (nSPS) is 15.0. The first-order valence-corrected chi connectivity index (χ1v) is 8.68. The summed E-state index contributed by atoms with van der Waals surface area (Å²) in [4.78, 5) is 24.6. The second kappa shape index (κ2) is 7.18. The van der Waals surface area contributed by atoms with Gasteiger partial charge in [0.1, 0.15) is 12.1 Å². The lowest BCUT2D eigenvalue weighted by Crippen LogP contribution is -2.38. The van der Waals surface area contributed by atoms with E-state index in [0.29, 0.717) is 31.6 Å². The van der Waals surface area contributed by atoms with Gasteiger partial charge in [-0.1, -0.05) is 0 Å². The van der Waals surface area contributed by atoms with Crippen LogP contribution in [0.4, 0.5) is 21.6 Å². The van der Waals surface area contributed by atoms with Gasteiger partial charge in [0.05, 0.1) is 4.92 Å². The molecule has 3 heterocycles. The number of nitrogens with zero attached hydrogens (tertiary/aromatic N) is 6. The number of rotatable bonds is 4. The summed E-state index contributed by atoms with van der Waals surface area (Å²) >= 11 is 0. The van der Waals surface area contributed by atoms with Gasteiger partial charge in [-0.25, -0.2) is 0 Å². The van der Waals surface area contributed by atoms with Crippen molar-refractivity contribution in [2.24, 2.45) is 5.92 Å². The number of benzene rings is 1. The second-order valence-corrected chi connectivity index (χ2v) is 6.50. The number of fused-ring (bicyclic) bond motifs is 1. The SMILES string of the molecule is O=C(Nc1ccc(F)c([N+](=O)[O-])c1)C1CCN(c2ccc3nncn3n2)CC1. The van der Waals surface area contributed by atoms with Crippen molar-refractivity contribution in [1.29, 1.82) is 0 Å². The molecule has 2 aromatic heterocycles. The molecule has 1 aromatic carbocycles. The molecule has 0 bridgehead atoms. The van der Waals surface area contributed by atoms with E-state index in [2.05, 4.69) is 25.5 Å². The van der Waals surface area contributed by atoms with Gasteiger partial charge in [-0.05, 0) is 37.1 Å². The van der Waals surface area contributed by atoms with Crippen molar-refractivity contribution in [3.05, 3.63) is 52.6 Å². The van der Waals surface area contributed by atoms with Gasteiger partial charge in [-0.15, -0.1) is 15.3 Å². The highest BCUT2D eigenvalue weighted by atomic mass is 19.1. The Morgan fingerprint density at radius 1 is 1.25 bits per heavy atom. The Bertz CT molecular complexity index is 1050. The predicted molar refractivity (Wildman–Crippen MR) is 97.4 cm³/mol. The molecular weight excluding hydrogens is 369 g/mol. The minimum atomic E-state index is -0.936. The molecular formula is C17H16FN7O3. The molecule has 11 heteroatoms. The minimum Gasteiger partial charge on any atom is -0.355 e. The predicted octanol–water partition coefficient (Wildman–Crippen LogP) is 2.03. The van der Waals surface area contributed by atoms with Crippen LogP contribution in [0.25, 0.3) is 5.65 Å². The van der Waals surface area contributed by atoms with Crippen LogP contribution in [0.15, 0.2) is 36.7 Å². The maximum Gasteiger partial charge on any atom is 0.306 e. The molecule has 10 nitrogen and oxygen atoms in total. The van der Waals surface area contributed by atoms with E-state index < -0.39 is 16.4 Å². The van der Waals surface area contributed by atoms with Gasteiger partial charge in [0.2, 0.25) is 11.7 Å². The van der Waals surface area contributed by atoms with E-state index in [1.54, 1.807) is 4.52 Å². The zero-order chi connectivity index (χ0) is 19.7. The topological polar surface area (TPSA) is 119 Å². The molecule has 0 saturated carbocycles. The number of amides is 1. The number of nitro groups is 1. The Labute approximate surface area is 158 Å². The van der Waals surface area contributed by atoms with Crippen molar-refractivity contribution in [3.63, 3.8) is 0 Å². The number of piperidine rings is 1. The summed E-state index contributed by atoms with van der Waals surface area (Å²) in [6.45, 7) is 1.28. The molecule has 4 rings (SSSR count). The first kappa shape index (κ1) is 17.8. The minimum absolute atomic E-state index is 0.209. The number of nitrogens with one attached hydrogen (secondary N) is 1. The average molecular weight is 385 g/mol. The third-order valence-electron chi connectivity index (χ3n) is 4.75. The fraction of sp³-hybridized carbons (Fsp3) is 0.294. The van der Waals surface area contributed by atoms with Crippen molar-refractivity contribution < 1.29 is 14.1 Å². The summed E-state index contributed by atoms with van der Waals surface area (Å²) in [6, 6.07) is 7.01. The largest absolute Gasteiger partial charge is 0.355 e. The lowest BCUT2D eigenvalue weighted by molar-refractivity contribution is -0.387. The summed E-state index contributed by atoms with van der Waals surface area (Å²) in [5.41, 5.74) is 0.203. The summed E-state index contributed by atoms with van der Waals surface area (Å²) in [6.07, 6.45) is 2.74. The zero-order valence-corrected chi connectivity index (χ0v) is 14.7. The molecule has 0 unspecified atom stereocenters. The molecule has 0 radical (unpaired) electrons. The maximum absolute atomic E-state index is 13.4. The van der Waals surface area contributed by atoms with Crippen molar-refractivity contribution in [1.82, 2.24) is 19.8 Å². The van der Waals surface area contributed by atoms with Crippen LogP contribution in [0.3, 0.4) is 0 Å². The summed E-state index contributed by atoms with van der Waals surface area (Å²) in [7, 11) is 0. The van der Waals surface area contributed by atoms with E-state index in [1.807, 2.05) is 12.1 Å². The first-order chi connectivity index (χ1) is 13.5. The quantitative estimate of drug-likeness (QED) is 0.539. The average Bonchev–Trinajstić information content (AvgIpc) is 3.17. The first-order valence-electron chi connectivity index (χ1n) is 8.68. The van der Waals surface area contributed by atoms with Crippen LogP contribution in [0.1, 0.15) is 12.8 Å². The van der Waals surface area contributed by atoms with Crippen LogP contribution < -0.4 is 10.2 Å². The summed E-state index contributed by atoms with van der Waals surface area (Å²) in [5.74, 6) is -0.629. The number of halogens is 1. The fourth-order valence-corrected chi connectivity index (χ4v) is 3.23. The third kappa shape index (κ3) is 3.46. The summed E-state index contributed by atoms with van der Waals surface area (Å²) < 4.78 is 15.0. The highest BCUT2D eigenvalue weighted by Gasteiger charge is 2.26. The number of hydrogen-bond donors (Lipinski definition) is 1. The standard InChI is InChI=1S/C17H16FN7O3/c18-13-2-1-12(9-14(13)25(27)28)20-17(26)11-5-7-23(8-6-11)16-4-3-15-21-19-10-24(15)22-16/h1-4,9-11H,5-8H2,(H,20,26). The van der Waals surface area contributed by atoms with Gasteiger partial charge in [-0.2, -0.15) is 8.91 Å². The van der Waals surface area contributed by atoms with Crippen molar-refractivity contribution in [2.45, 2.75) is 12.8 Å². The van der Waals surface area contributed by atoms with Crippen LogP contribution >= 0.6 is 0 Å². The molecule has 1 fully saturated rings. The van der Waals surface area contributed by atoms with Crippen molar-refractivity contribution >= 4 is 28.7 Å². The molecule has 1 saturated heterocycles. The molecule has 1 aliphatic rings. The smallest absolute Gasteiger partial charge is 0.306 e. The number of hydrogen-bond acceptors (Lipinski definition) is 7. The van der Waals surface area contributed by atoms with Gasteiger partial charge >= 0.3 is 5.69 Å². The van der Waals surface area contributed by atoms with Crippen LogP contribution in [0.2, 0.25) is 0 Å². The lowest BCUT2D eigenvalue weighted by Gasteiger charge is -2.31. The molecule has 28 heavy (non-hydrogen) atoms. The van der Waals surface area contributed by atoms with E-state index >= 15 is 0 Å². The third-order valence-corrected chi connectivity index (χ3v) is 4.75. The number of carbonyl (C=O) groups excluding carboxylic acids is 1. The molecule has 1 N–H and O–H groups in total.